The van der Waals surface area contributed by atoms with E-state index in [1.165, 1.54) is 0 Å². The van der Waals surface area contributed by atoms with Crippen molar-refractivity contribution in [3.05, 3.63) is 12.7 Å². The maximum Gasteiger partial charge on any atom is 0.509 e. The molecule has 0 aliphatic rings. The van der Waals surface area contributed by atoms with Crippen LogP contribution in [0.15, 0.2) is 12.7 Å². The minimum absolute atomic E-state index is 0.525. The Kier molecular flexibility index (Phi) is 6.29. The van der Waals surface area contributed by atoms with Gasteiger partial charge in [-0.15, -0.1) is 0 Å². The summed E-state index contributed by atoms with van der Waals surface area (Å²) in [7, 11) is 0. The molecule has 0 spiro atoms. The average Bonchev–Trinajstić information content (AvgIpc) is 2.15. The second-order valence-electron chi connectivity index (χ2n) is 5.34. The Balaban J connectivity index is 4.62. The SMILES string of the molecule is C=CC(CCC)(CCC)OC(=O)OC(C)(C)C. The second kappa shape index (κ2) is 6.67. The van der Waals surface area contributed by atoms with Gasteiger partial charge < -0.3 is 9.47 Å². The Morgan fingerprint density at radius 3 is 1.88 bits per heavy atom. The van der Waals surface area contributed by atoms with Crippen molar-refractivity contribution < 1.29 is 14.3 Å². The first kappa shape index (κ1) is 16.0. The van der Waals surface area contributed by atoms with Crippen LogP contribution in [0.3, 0.4) is 0 Å². The predicted molar refractivity (Wildman–Crippen MR) is 70.1 cm³/mol. The van der Waals surface area contributed by atoms with Crippen LogP contribution >= 0.6 is 0 Å². The van der Waals surface area contributed by atoms with Gasteiger partial charge in [-0.05, 0) is 39.7 Å². The predicted octanol–water partition coefficient (Wildman–Crippen LogP) is 4.46. The van der Waals surface area contributed by atoms with Crippen molar-refractivity contribution in [1.29, 1.82) is 0 Å². The van der Waals surface area contributed by atoms with Gasteiger partial charge in [0.1, 0.15) is 11.2 Å². The fourth-order valence-corrected chi connectivity index (χ4v) is 1.76. The molecule has 0 aliphatic heterocycles. The topological polar surface area (TPSA) is 35.5 Å². The largest absolute Gasteiger partial charge is 0.509 e. The zero-order valence-electron chi connectivity index (χ0n) is 11.8. The van der Waals surface area contributed by atoms with Crippen molar-refractivity contribution >= 4 is 6.16 Å². The highest BCUT2D eigenvalue weighted by molar-refractivity contribution is 5.61. The van der Waals surface area contributed by atoms with E-state index in [4.69, 9.17) is 9.47 Å². The summed E-state index contributed by atoms with van der Waals surface area (Å²) in [5.74, 6) is 0. The maximum atomic E-state index is 11.7. The summed E-state index contributed by atoms with van der Waals surface area (Å²) in [6, 6.07) is 0. The third-order valence-electron chi connectivity index (χ3n) is 2.39. The van der Waals surface area contributed by atoms with E-state index in [9.17, 15) is 4.79 Å². The molecular formula is C14H26O3. The fraction of sp³-hybridized carbons (Fsp3) is 0.786. The van der Waals surface area contributed by atoms with Crippen molar-refractivity contribution in [1.82, 2.24) is 0 Å². The summed E-state index contributed by atoms with van der Waals surface area (Å²) in [6.07, 6.45) is 4.56. The lowest BCUT2D eigenvalue weighted by molar-refractivity contribution is -0.0544. The van der Waals surface area contributed by atoms with Crippen LogP contribution in [0, 0.1) is 0 Å². The van der Waals surface area contributed by atoms with Crippen LogP contribution in [-0.4, -0.2) is 17.4 Å². The molecule has 0 heterocycles. The van der Waals surface area contributed by atoms with E-state index in [1.54, 1.807) is 6.08 Å². The van der Waals surface area contributed by atoms with E-state index in [1.807, 2.05) is 20.8 Å². The average molecular weight is 242 g/mol. The van der Waals surface area contributed by atoms with Gasteiger partial charge in [-0.25, -0.2) is 4.79 Å². The smallest absolute Gasteiger partial charge is 0.429 e. The molecular weight excluding hydrogens is 216 g/mol. The van der Waals surface area contributed by atoms with Gasteiger partial charge in [0.15, 0.2) is 0 Å². The van der Waals surface area contributed by atoms with E-state index >= 15 is 0 Å². The number of carbonyl (C=O) groups is 1. The van der Waals surface area contributed by atoms with Gasteiger partial charge in [-0.1, -0.05) is 33.3 Å². The third kappa shape index (κ3) is 6.35. The lowest BCUT2D eigenvalue weighted by atomic mass is 9.92. The Morgan fingerprint density at radius 2 is 1.59 bits per heavy atom. The summed E-state index contributed by atoms with van der Waals surface area (Å²) >= 11 is 0. The summed E-state index contributed by atoms with van der Waals surface area (Å²) in [6.45, 7) is 13.4. The molecule has 0 aromatic carbocycles. The molecule has 0 N–H and O–H groups in total. The molecule has 17 heavy (non-hydrogen) atoms. The van der Waals surface area contributed by atoms with E-state index in [2.05, 4.69) is 20.4 Å². The lowest BCUT2D eigenvalue weighted by Crippen LogP contribution is -2.35. The van der Waals surface area contributed by atoms with Gasteiger partial charge >= 0.3 is 6.16 Å². The molecule has 0 radical (unpaired) electrons. The molecule has 0 saturated carbocycles. The molecule has 3 nitrogen and oxygen atoms in total. The quantitative estimate of drug-likeness (QED) is 0.509. The van der Waals surface area contributed by atoms with Crippen LogP contribution in [0.25, 0.3) is 0 Å². The fourth-order valence-electron chi connectivity index (χ4n) is 1.76. The molecule has 0 unspecified atom stereocenters. The molecule has 0 aromatic rings. The van der Waals surface area contributed by atoms with Gasteiger partial charge in [0.25, 0.3) is 0 Å². The van der Waals surface area contributed by atoms with Crippen molar-refractivity contribution in [3.63, 3.8) is 0 Å². The number of hydrogen-bond acceptors (Lipinski definition) is 3. The van der Waals surface area contributed by atoms with Gasteiger partial charge in [0.05, 0.1) is 0 Å². The maximum absolute atomic E-state index is 11.7. The monoisotopic (exact) mass is 242 g/mol. The normalized spacial score (nSPS) is 12.1. The van der Waals surface area contributed by atoms with Crippen molar-refractivity contribution in [2.45, 2.75) is 71.5 Å². The van der Waals surface area contributed by atoms with Crippen LogP contribution < -0.4 is 0 Å². The number of ether oxygens (including phenoxy) is 2. The Labute approximate surface area is 105 Å². The highest BCUT2D eigenvalue weighted by Gasteiger charge is 2.31. The summed E-state index contributed by atoms with van der Waals surface area (Å²) in [4.78, 5) is 11.7. The summed E-state index contributed by atoms with van der Waals surface area (Å²) in [5.41, 5.74) is -1.10. The first-order valence-corrected chi connectivity index (χ1v) is 6.34. The molecule has 0 atom stereocenters. The molecule has 3 heteroatoms. The molecule has 0 aliphatic carbocycles. The van der Waals surface area contributed by atoms with E-state index in [-0.39, 0.29) is 0 Å². The van der Waals surface area contributed by atoms with Crippen LogP contribution in [0.1, 0.15) is 60.3 Å². The van der Waals surface area contributed by atoms with Crippen molar-refractivity contribution in [2.75, 3.05) is 0 Å². The van der Waals surface area contributed by atoms with Crippen molar-refractivity contribution in [3.8, 4) is 0 Å². The molecule has 0 amide bonds. The zero-order chi connectivity index (χ0) is 13.5. The molecule has 0 aromatic heterocycles. The van der Waals surface area contributed by atoms with Gasteiger partial charge in [-0.2, -0.15) is 0 Å². The van der Waals surface area contributed by atoms with Gasteiger partial charge in [0, 0.05) is 0 Å². The third-order valence-corrected chi connectivity index (χ3v) is 2.39. The van der Waals surface area contributed by atoms with Crippen LogP contribution in [0.2, 0.25) is 0 Å². The first-order chi connectivity index (χ1) is 7.78. The molecule has 0 rings (SSSR count). The summed E-state index contributed by atoms with van der Waals surface area (Å²) < 4.78 is 10.6. The molecule has 0 bridgehead atoms. The highest BCUT2D eigenvalue weighted by atomic mass is 16.7. The minimum atomic E-state index is -0.612. The minimum Gasteiger partial charge on any atom is -0.429 e. The Morgan fingerprint density at radius 1 is 1.12 bits per heavy atom. The molecule has 0 fully saturated rings. The van der Waals surface area contributed by atoms with E-state index in [0.717, 1.165) is 25.7 Å². The first-order valence-electron chi connectivity index (χ1n) is 6.34. The second-order valence-corrected chi connectivity index (χ2v) is 5.34. The number of rotatable bonds is 6. The van der Waals surface area contributed by atoms with E-state index in [0.29, 0.717) is 0 Å². The van der Waals surface area contributed by atoms with Gasteiger partial charge in [-0.3, -0.25) is 0 Å². The molecule has 0 saturated heterocycles. The van der Waals surface area contributed by atoms with Crippen molar-refractivity contribution in [2.24, 2.45) is 0 Å². The number of hydrogen-bond donors (Lipinski definition) is 0. The van der Waals surface area contributed by atoms with Crippen LogP contribution in [0.5, 0.6) is 0 Å². The standard InChI is InChI=1S/C14H26O3/c1-7-10-14(9-3,11-8-2)17-12(15)16-13(4,5)6/h9H,3,7-8,10-11H2,1-2,4-6H3. The summed E-state index contributed by atoms with van der Waals surface area (Å²) in [5, 5.41) is 0. The van der Waals surface area contributed by atoms with Crippen LogP contribution in [0.4, 0.5) is 4.79 Å². The highest BCUT2D eigenvalue weighted by Crippen LogP contribution is 2.27. The van der Waals surface area contributed by atoms with E-state index < -0.39 is 17.4 Å². The Hall–Kier alpha value is -0.990. The Bertz CT molecular complexity index is 245. The van der Waals surface area contributed by atoms with Gasteiger partial charge in [0.2, 0.25) is 0 Å². The van der Waals surface area contributed by atoms with Crippen LogP contribution in [-0.2, 0) is 9.47 Å². The zero-order valence-corrected chi connectivity index (χ0v) is 11.8. The number of carbonyl (C=O) groups excluding carboxylic acids is 1. The lowest BCUT2D eigenvalue weighted by Gasteiger charge is -2.31. The molecule has 100 valence electrons.